The summed E-state index contributed by atoms with van der Waals surface area (Å²) < 4.78 is 12.8. The molecule has 0 radical (unpaired) electrons. The number of benzene rings is 1. The zero-order valence-electron chi connectivity index (χ0n) is 12.1. The van der Waals surface area contributed by atoms with Crippen LogP contribution in [0.3, 0.4) is 0 Å². The fourth-order valence-electron chi connectivity index (χ4n) is 2.75. The van der Waals surface area contributed by atoms with Crippen molar-refractivity contribution in [3.8, 4) is 0 Å². The van der Waals surface area contributed by atoms with Crippen molar-refractivity contribution in [3.05, 3.63) is 35.9 Å². The van der Waals surface area contributed by atoms with E-state index in [-0.39, 0.29) is 0 Å². The van der Waals surface area contributed by atoms with Gasteiger partial charge in [-0.25, -0.2) is 0 Å². The third-order valence-corrected chi connectivity index (χ3v) is 5.56. The lowest BCUT2D eigenvalue weighted by molar-refractivity contribution is -0.0806. The van der Waals surface area contributed by atoms with E-state index in [9.17, 15) is 0 Å². The molecule has 2 fully saturated rings. The molecule has 3 nitrogen and oxygen atoms in total. The van der Waals surface area contributed by atoms with Gasteiger partial charge in [-0.2, -0.15) is 0 Å². The number of thioether (sulfide) groups is 1. The van der Waals surface area contributed by atoms with Crippen LogP contribution in [0.15, 0.2) is 30.3 Å². The standard InChI is InChI=1S/C16H21NO2S2/c20-15(17-10-6-1-2-7-11-17)21-16(18-12-13-19-16)14-8-4-3-5-9-14/h3-5,8-9H,1-2,6-7,10-13H2. The van der Waals surface area contributed by atoms with E-state index >= 15 is 0 Å². The number of likely N-dealkylation sites (tertiary alicyclic amines) is 1. The average molecular weight is 323 g/mol. The van der Waals surface area contributed by atoms with Crippen molar-refractivity contribution >= 4 is 28.3 Å². The van der Waals surface area contributed by atoms with Gasteiger partial charge in [0.1, 0.15) is 4.32 Å². The number of nitrogens with zero attached hydrogens (tertiary/aromatic N) is 1. The Labute approximate surface area is 136 Å². The van der Waals surface area contributed by atoms with Crippen LogP contribution in [0, 0.1) is 0 Å². The molecule has 2 aliphatic rings. The van der Waals surface area contributed by atoms with Crippen LogP contribution >= 0.6 is 24.0 Å². The zero-order chi connectivity index (χ0) is 14.5. The van der Waals surface area contributed by atoms with Crippen LogP contribution in [0.4, 0.5) is 0 Å². The van der Waals surface area contributed by atoms with Crippen LogP contribution < -0.4 is 0 Å². The van der Waals surface area contributed by atoms with Crippen molar-refractivity contribution in [2.75, 3.05) is 26.3 Å². The Morgan fingerprint density at radius 1 is 1.00 bits per heavy atom. The van der Waals surface area contributed by atoms with Crippen molar-refractivity contribution < 1.29 is 9.47 Å². The molecule has 0 aromatic heterocycles. The molecule has 0 atom stereocenters. The van der Waals surface area contributed by atoms with Crippen molar-refractivity contribution in [2.24, 2.45) is 0 Å². The molecule has 0 unspecified atom stereocenters. The Balaban J connectivity index is 1.74. The second kappa shape index (κ2) is 7.09. The van der Waals surface area contributed by atoms with E-state index in [0.717, 1.165) is 23.0 Å². The topological polar surface area (TPSA) is 21.7 Å². The van der Waals surface area contributed by atoms with E-state index in [2.05, 4.69) is 4.90 Å². The first kappa shape index (κ1) is 15.3. The first-order valence-corrected chi connectivity index (χ1v) is 8.84. The average Bonchev–Trinajstić information content (AvgIpc) is 2.83. The predicted molar refractivity (Wildman–Crippen MR) is 90.3 cm³/mol. The Hall–Kier alpha value is -0.620. The number of hydrogen-bond acceptors (Lipinski definition) is 4. The second-order valence-corrected chi connectivity index (χ2v) is 7.16. The summed E-state index contributed by atoms with van der Waals surface area (Å²) in [6.45, 7) is 3.34. The Morgan fingerprint density at radius 3 is 2.24 bits per heavy atom. The van der Waals surface area contributed by atoms with Crippen LogP contribution in [0.2, 0.25) is 0 Å². The molecule has 114 valence electrons. The minimum atomic E-state index is -0.759. The normalized spacial score (nSPS) is 22.0. The third-order valence-electron chi connectivity index (χ3n) is 3.88. The highest BCUT2D eigenvalue weighted by molar-refractivity contribution is 8.23. The number of hydrogen-bond donors (Lipinski definition) is 0. The summed E-state index contributed by atoms with van der Waals surface area (Å²) in [6.07, 6.45) is 5.06. The number of rotatable bonds is 2. The van der Waals surface area contributed by atoms with Gasteiger partial charge in [0.2, 0.25) is 0 Å². The molecule has 0 bridgehead atoms. The van der Waals surface area contributed by atoms with Crippen molar-refractivity contribution in [3.63, 3.8) is 0 Å². The van der Waals surface area contributed by atoms with E-state index in [1.54, 1.807) is 0 Å². The maximum absolute atomic E-state index is 5.95. The maximum Gasteiger partial charge on any atom is 0.252 e. The van der Waals surface area contributed by atoms with Crippen molar-refractivity contribution in [1.29, 1.82) is 0 Å². The molecule has 1 aromatic carbocycles. The molecular formula is C16H21NO2S2. The molecule has 2 aliphatic heterocycles. The fraction of sp³-hybridized carbons (Fsp3) is 0.562. The van der Waals surface area contributed by atoms with Gasteiger partial charge in [-0.05, 0) is 24.6 Å². The predicted octanol–water partition coefficient (Wildman–Crippen LogP) is 3.74. The number of ether oxygens (including phenoxy) is 2. The van der Waals surface area contributed by atoms with Crippen LogP contribution in [0.1, 0.15) is 31.2 Å². The van der Waals surface area contributed by atoms with Gasteiger partial charge in [0.15, 0.2) is 0 Å². The van der Waals surface area contributed by atoms with E-state index in [1.165, 1.54) is 37.4 Å². The third kappa shape index (κ3) is 3.59. The highest BCUT2D eigenvalue weighted by atomic mass is 32.2. The summed E-state index contributed by atoms with van der Waals surface area (Å²) >= 11 is 7.21. The number of thiocarbonyl (C=S) groups is 1. The van der Waals surface area contributed by atoms with Crippen LogP contribution in [-0.2, 0) is 14.6 Å². The smallest absolute Gasteiger partial charge is 0.252 e. The molecule has 0 N–H and O–H groups in total. The fourth-order valence-corrected chi connectivity index (χ4v) is 4.34. The molecule has 0 spiro atoms. The molecule has 0 saturated carbocycles. The van der Waals surface area contributed by atoms with Gasteiger partial charge in [0.25, 0.3) is 5.12 Å². The molecule has 0 amide bonds. The summed E-state index contributed by atoms with van der Waals surface area (Å²) in [5.74, 6) is 0. The first-order valence-electron chi connectivity index (χ1n) is 7.61. The van der Waals surface area contributed by atoms with Gasteiger partial charge in [-0.1, -0.05) is 55.4 Å². The van der Waals surface area contributed by atoms with Gasteiger partial charge in [-0.15, -0.1) is 0 Å². The molecule has 21 heavy (non-hydrogen) atoms. The second-order valence-electron chi connectivity index (χ2n) is 5.39. The monoisotopic (exact) mass is 323 g/mol. The van der Waals surface area contributed by atoms with Gasteiger partial charge >= 0.3 is 0 Å². The zero-order valence-corrected chi connectivity index (χ0v) is 13.8. The Bertz CT molecular complexity index is 466. The largest absolute Gasteiger partial charge is 0.357 e. The van der Waals surface area contributed by atoms with Crippen molar-refractivity contribution in [1.82, 2.24) is 4.90 Å². The first-order chi connectivity index (χ1) is 10.3. The van der Waals surface area contributed by atoms with E-state index in [4.69, 9.17) is 21.7 Å². The molecule has 5 heteroatoms. The van der Waals surface area contributed by atoms with Crippen LogP contribution in [0.5, 0.6) is 0 Å². The SMILES string of the molecule is S=C(SC1(c2ccccc2)OCCO1)N1CCCCCC1. The van der Waals surface area contributed by atoms with Crippen LogP contribution in [0.25, 0.3) is 0 Å². The lowest BCUT2D eigenvalue weighted by Gasteiger charge is -2.31. The van der Waals surface area contributed by atoms with E-state index < -0.39 is 5.12 Å². The van der Waals surface area contributed by atoms with E-state index in [0.29, 0.717) is 13.2 Å². The Morgan fingerprint density at radius 2 is 1.62 bits per heavy atom. The highest BCUT2D eigenvalue weighted by Gasteiger charge is 2.41. The molecule has 2 heterocycles. The summed E-state index contributed by atoms with van der Waals surface area (Å²) in [4.78, 5) is 2.31. The van der Waals surface area contributed by atoms with E-state index in [1.807, 2.05) is 30.3 Å². The van der Waals surface area contributed by atoms with Gasteiger partial charge in [0.05, 0.1) is 13.2 Å². The minimum Gasteiger partial charge on any atom is -0.357 e. The lowest BCUT2D eigenvalue weighted by Crippen LogP contribution is -2.33. The van der Waals surface area contributed by atoms with Gasteiger partial charge in [0, 0.05) is 18.7 Å². The highest BCUT2D eigenvalue weighted by Crippen LogP contribution is 2.43. The summed E-state index contributed by atoms with van der Waals surface area (Å²) in [7, 11) is 0. The minimum absolute atomic E-state index is 0.616. The molecule has 0 aliphatic carbocycles. The molecule has 1 aromatic rings. The molecule has 3 rings (SSSR count). The molecular weight excluding hydrogens is 302 g/mol. The summed E-state index contributed by atoms with van der Waals surface area (Å²) in [5, 5.41) is -0.759. The quantitative estimate of drug-likeness (QED) is 0.771. The van der Waals surface area contributed by atoms with Crippen molar-refractivity contribution in [2.45, 2.75) is 30.8 Å². The van der Waals surface area contributed by atoms with Crippen LogP contribution in [-0.4, -0.2) is 35.5 Å². The summed E-state index contributed by atoms with van der Waals surface area (Å²) in [6, 6.07) is 10.1. The Kier molecular flexibility index (Phi) is 5.16. The van der Waals surface area contributed by atoms with Gasteiger partial charge < -0.3 is 14.4 Å². The molecule has 2 saturated heterocycles. The van der Waals surface area contributed by atoms with Gasteiger partial charge in [-0.3, -0.25) is 0 Å². The maximum atomic E-state index is 5.95. The summed E-state index contributed by atoms with van der Waals surface area (Å²) in [5.41, 5.74) is 1.03. The lowest BCUT2D eigenvalue weighted by atomic mass is 10.2.